The minimum absolute atomic E-state index is 0.0527. The van der Waals surface area contributed by atoms with Gasteiger partial charge < -0.3 is 15.0 Å². The maximum absolute atomic E-state index is 14.0. The molecule has 0 unspecified atom stereocenters. The molecule has 1 N–H and O–H groups in total. The number of rotatable bonds is 4. The molecule has 5 nitrogen and oxygen atoms in total. The van der Waals surface area contributed by atoms with E-state index in [-0.39, 0.29) is 23.3 Å². The van der Waals surface area contributed by atoms with Crippen LogP contribution in [0.4, 0.5) is 4.39 Å². The number of hydrogen-bond acceptors (Lipinski definition) is 3. The summed E-state index contributed by atoms with van der Waals surface area (Å²) in [5, 5.41) is 3.13. The first-order valence-corrected chi connectivity index (χ1v) is 11.3. The van der Waals surface area contributed by atoms with Gasteiger partial charge in [0.05, 0.1) is 11.5 Å². The molecule has 0 aliphatic carbocycles. The van der Waals surface area contributed by atoms with E-state index in [1.54, 1.807) is 17.0 Å². The van der Waals surface area contributed by atoms with Gasteiger partial charge in [0.15, 0.2) is 0 Å². The lowest BCUT2D eigenvalue weighted by molar-refractivity contribution is -0.122. The summed E-state index contributed by atoms with van der Waals surface area (Å²) in [5.74, 6) is 0.438. The summed E-state index contributed by atoms with van der Waals surface area (Å²) in [6, 6.07) is 21.3. The standard InChI is InChI=1S/C27H25FN2O3/c28-22-10-4-1-7-19(22)27(32)30-15-13-18(14-16-30)17-29-26(31)25-20-8-2-5-11-23(20)33-24-12-6-3-9-21(24)25/h1-12,18,25H,13-17H2,(H,29,31). The number of likely N-dealkylation sites (tertiary alicyclic amines) is 1. The summed E-state index contributed by atoms with van der Waals surface area (Å²) in [4.78, 5) is 27.6. The topological polar surface area (TPSA) is 58.6 Å². The number of halogens is 1. The highest BCUT2D eigenvalue weighted by molar-refractivity contribution is 5.94. The molecule has 33 heavy (non-hydrogen) atoms. The zero-order chi connectivity index (χ0) is 22.8. The zero-order valence-electron chi connectivity index (χ0n) is 18.2. The predicted molar refractivity (Wildman–Crippen MR) is 123 cm³/mol. The van der Waals surface area contributed by atoms with Gasteiger partial charge in [0, 0.05) is 30.8 Å². The van der Waals surface area contributed by atoms with Gasteiger partial charge >= 0.3 is 0 Å². The molecule has 0 aromatic heterocycles. The number of para-hydroxylation sites is 2. The molecule has 2 aliphatic rings. The van der Waals surface area contributed by atoms with Gasteiger partial charge in [-0.1, -0.05) is 48.5 Å². The summed E-state index contributed by atoms with van der Waals surface area (Å²) in [6.07, 6.45) is 1.53. The quantitative estimate of drug-likeness (QED) is 0.633. The minimum Gasteiger partial charge on any atom is -0.457 e. The van der Waals surface area contributed by atoms with Crippen LogP contribution in [0, 0.1) is 11.7 Å². The van der Waals surface area contributed by atoms with E-state index in [9.17, 15) is 14.0 Å². The molecule has 0 radical (unpaired) electrons. The highest BCUT2D eigenvalue weighted by atomic mass is 19.1. The van der Waals surface area contributed by atoms with E-state index in [2.05, 4.69) is 5.32 Å². The van der Waals surface area contributed by atoms with Crippen molar-refractivity contribution in [3.63, 3.8) is 0 Å². The van der Waals surface area contributed by atoms with E-state index in [1.165, 1.54) is 12.1 Å². The Balaban J connectivity index is 1.22. The molecule has 1 fully saturated rings. The van der Waals surface area contributed by atoms with Crippen LogP contribution in [0.5, 0.6) is 11.5 Å². The Labute approximate surface area is 192 Å². The summed E-state index contributed by atoms with van der Waals surface area (Å²) in [5.41, 5.74) is 1.83. The Kier molecular flexibility index (Phi) is 5.82. The number of carbonyl (C=O) groups excluding carboxylic acids is 2. The summed E-state index contributed by atoms with van der Waals surface area (Å²) < 4.78 is 20.0. The van der Waals surface area contributed by atoms with Gasteiger partial charge in [0.1, 0.15) is 17.3 Å². The second kappa shape index (κ2) is 9.06. The lowest BCUT2D eigenvalue weighted by Crippen LogP contribution is -2.42. The van der Waals surface area contributed by atoms with Crippen LogP contribution in [-0.2, 0) is 4.79 Å². The van der Waals surface area contributed by atoms with Crippen molar-refractivity contribution in [2.45, 2.75) is 18.8 Å². The Bertz CT molecular complexity index is 1140. The molecule has 0 atom stereocenters. The highest BCUT2D eigenvalue weighted by Gasteiger charge is 2.33. The third-order valence-electron chi connectivity index (χ3n) is 6.51. The molecule has 0 bridgehead atoms. The van der Waals surface area contributed by atoms with E-state index >= 15 is 0 Å². The fourth-order valence-corrected chi connectivity index (χ4v) is 4.68. The van der Waals surface area contributed by atoms with Crippen molar-refractivity contribution < 1.29 is 18.7 Å². The Morgan fingerprint density at radius 1 is 0.879 bits per heavy atom. The van der Waals surface area contributed by atoms with Crippen molar-refractivity contribution >= 4 is 11.8 Å². The molecule has 2 heterocycles. The molecule has 2 amide bonds. The number of nitrogens with zero attached hydrogens (tertiary/aromatic N) is 1. The van der Waals surface area contributed by atoms with Gasteiger partial charge in [0.25, 0.3) is 5.91 Å². The van der Waals surface area contributed by atoms with Crippen LogP contribution in [0.25, 0.3) is 0 Å². The van der Waals surface area contributed by atoms with Gasteiger partial charge in [-0.05, 0) is 43.0 Å². The van der Waals surface area contributed by atoms with Crippen LogP contribution in [0.15, 0.2) is 72.8 Å². The predicted octanol–water partition coefficient (Wildman–Crippen LogP) is 4.73. The first kappa shape index (κ1) is 21.2. The number of carbonyl (C=O) groups is 2. The number of amides is 2. The zero-order valence-corrected chi connectivity index (χ0v) is 18.2. The van der Waals surface area contributed by atoms with Gasteiger partial charge in [-0.25, -0.2) is 4.39 Å². The van der Waals surface area contributed by atoms with E-state index in [4.69, 9.17) is 4.74 Å². The lowest BCUT2D eigenvalue weighted by atomic mass is 9.87. The van der Waals surface area contributed by atoms with E-state index < -0.39 is 11.7 Å². The lowest BCUT2D eigenvalue weighted by Gasteiger charge is -2.33. The van der Waals surface area contributed by atoms with Crippen LogP contribution in [0.3, 0.4) is 0 Å². The van der Waals surface area contributed by atoms with Crippen molar-refractivity contribution in [2.75, 3.05) is 19.6 Å². The summed E-state index contributed by atoms with van der Waals surface area (Å²) >= 11 is 0. The van der Waals surface area contributed by atoms with Gasteiger partial charge in [0.2, 0.25) is 5.91 Å². The molecule has 3 aromatic rings. The van der Waals surface area contributed by atoms with Crippen LogP contribution < -0.4 is 10.1 Å². The first-order valence-electron chi connectivity index (χ1n) is 11.3. The van der Waals surface area contributed by atoms with Crippen LogP contribution in [0.1, 0.15) is 40.2 Å². The maximum Gasteiger partial charge on any atom is 0.256 e. The molecule has 3 aromatic carbocycles. The number of fused-ring (bicyclic) bond motifs is 2. The fourth-order valence-electron chi connectivity index (χ4n) is 4.68. The second-order valence-electron chi connectivity index (χ2n) is 8.57. The number of nitrogens with one attached hydrogen (secondary N) is 1. The van der Waals surface area contributed by atoms with Crippen LogP contribution in [0.2, 0.25) is 0 Å². The average molecular weight is 445 g/mol. The van der Waals surface area contributed by atoms with Crippen LogP contribution >= 0.6 is 0 Å². The number of ether oxygens (including phenoxy) is 1. The van der Waals surface area contributed by atoms with Crippen LogP contribution in [-0.4, -0.2) is 36.3 Å². The fraction of sp³-hybridized carbons (Fsp3) is 0.259. The average Bonchev–Trinajstić information content (AvgIpc) is 2.86. The normalized spacial score (nSPS) is 15.8. The molecular formula is C27H25FN2O3. The number of hydrogen-bond donors (Lipinski definition) is 1. The summed E-state index contributed by atoms with van der Waals surface area (Å²) in [6.45, 7) is 1.65. The molecular weight excluding hydrogens is 419 g/mol. The van der Waals surface area contributed by atoms with E-state index in [0.717, 1.165) is 24.0 Å². The van der Waals surface area contributed by atoms with Crippen molar-refractivity contribution in [1.29, 1.82) is 0 Å². The molecule has 6 heteroatoms. The van der Waals surface area contributed by atoms with Gasteiger partial charge in [-0.15, -0.1) is 0 Å². The largest absolute Gasteiger partial charge is 0.457 e. The SMILES string of the molecule is O=C(NCC1CCN(C(=O)c2ccccc2F)CC1)C1c2ccccc2Oc2ccccc21. The molecule has 168 valence electrons. The maximum atomic E-state index is 14.0. The Hall–Kier alpha value is -3.67. The third kappa shape index (κ3) is 4.21. The van der Waals surface area contributed by atoms with Crippen molar-refractivity contribution in [3.05, 3.63) is 95.3 Å². The summed E-state index contributed by atoms with van der Waals surface area (Å²) in [7, 11) is 0. The number of piperidine rings is 1. The molecule has 1 saturated heterocycles. The van der Waals surface area contributed by atoms with Crippen molar-refractivity contribution in [3.8, 4) is 11.5 Å². The number of benzene rings is 3. The third-order valence-corrected chi connectivity index (χ3v) is 6.51. The molecule has 0 saturated carbocycles. The van der Waals surface area contributed by atoms with E-state index in [1.807, 2.05) is 48.5 Å². The highest BCUT2D eigenvalue weighted by Crippen LogP contribution is 2.43. The van der Waals surface area contributed by atoms with E-state index in [0.29, 0.717) is 31.1 Å². The van der Waals surface area contributed by atoms with Gasteiger partial charge in [-0.2, -0.15) is 0 Å². The molecule has 2 aliphatic heterocycles. The Morgan fingerprint density at radius 2 is 1.45 bits per heavy atom. The van der Waals surface area contributed by atoms with Crippen molar-refractivity contribution in [1.82, 2.24) is 10.2 Å². The second-order valence-corrected chi connectivity index (χ2v) is 8.57. The minimum atomic E-state index is -0.492. The first-order chi connectivity index (χ1) is 16.1. The molecule has 0 spiro atoms. The smallest absolute Gasteiger partial charge is 0.256 e. The monoisotopic (exact) mass is 444 g/mol. The molecule has 5 rings (SSSR count). The van der Waals surface area contributed by atoms with Crippen molar-refractivity contribution in [2.24, 2.45) is 5.92 Å². The Morgan fingerprint density at radius 3 is 2.09 bits per heavy atom. The van der Waals surface area contributed by atoms with Gasteiger partial charge in [-0.3, -0.25) is 9.59 Å².